The number of anilines is 4. The number of nitrogens with zero attached hydrogens (tertiary/aromatic N) is 4. The van der Waals surface area contributed by atoms with Gasteiger partial charge in [-0.2, -0.15) is 4.39 Å². The molecule has 5 N–H and O–H groups in total. The van der Waals surface area contributed by atoms with Gasteiger partial charge in [0, 0.05) is 19.3 Å². The van der Waals surface area contributed by atoms with Crippen molar-refractivity contribution in [1.29, 1.82) is 0 Å². The Morgan fingerprint density at radius 2 is 1.83 bits per heavy atom. The predicted octanol–water partition coefficient (Wildman–Crippen LogP) is 3.08. The molecule has 0 atom stereocenters. The number of halogens is 1. The van der Waals surface area contributed by atoms with Gasteiger partial charge in [-0.1, -0.05) is 0 Å². The Labute approximate surface area is 173 Å². The highest BCUT2D eigenvalue weighted by Gasteiger charge is 2.19. The fourth-order valence-corrected chi connectivity index (χ4v) is 3.52. The maximum Gasteiger partial charge on any atom is 0.276 e. The van der Waals surface area contributed by atoms with Gasteiger partial charge >= 0.3 is 0 Å². The molecule has 1 fully saturated rings. The van der Waals surface area contributed by atoms with Gasteiger partial charge in [0.1, 0.15) is 5.82 Å². The number of amides is 1. The van der Waals surface area contributed by atoms with Gasteiger partial charge in [0.25, 0.3) is 5.91 Å². The maximum absolute atomic E-state index is 14.2. The van der Waals surface area contributed by atoms with Gasteiger partial charge in [-0.25, -0.2) is 9.97 Å². The van der Waals surface area contributed by atoms with Gasteiger partial charge in [-0.15, -0.1) is 0 Å². The quantitative estimate of drug-likeness (QED) is 0.568. The summed E-state index contributed by atoms with van der Waals surface area (Å²) in [6.07, 6.45) is 6.71. The summed E-state index contributed by atoms with van der Waals surface area (Å²) in [5, 5.41) is 2.85. The standard InChI is InChI=1S/C21H22FN7O/c22-20-13(4-7-18(24)28-20)15-6-5-14(23)19(26-15)21(30)27-16-12-25-9-8-17(16)29-10-2-1-3-11-29/h4-9,12H,1-3,10-11,23H2,(H2,24,28)(H,27,30). The third-order valence-electron chi connectivity index (χ3n) is 5.03. The zero-order chi connectivity index (χ0) is 21.1. The summed E-state index contributed by atoms with van der Waals surface area (Å²) in [6.45, 7) is 1.85. The molecule has 9 heteroatoms. The molecule has 0 aromatic carbocycles. The minimum absolute atomic E-state index is 0.00262. The van der Waals surface area contributed by atoms with Crippen LogP contribution in [0.15, 0.2) is 42.7 Å². The summed E-state index contributed by atoms with van der Waals surface area (Å²) in [6, 6.07) is 7.86. The van der Waals surface area contributed by atoms with Crippen LogP contribution in [0, 0.1) is 5.95 Å². The minimum Gasteiger partial charge on any atom is -0.397 e. The summed E-state index contributed by atoms with van der Waals surface area (Å²) in [5.41, 5.74) is 13.5. The maximum atomic E-state index is 14.2. The average Bonchev–Trinajstić information content (AvgIpc) is 2.75. The van der Waals surface area contributed by atoms with Crippen molar-refractivity contribution in [2.75, 3.05) is 34.8 Å². The molecule has 0 aliphatic carbocycles. The van der Waals surface area contributed by atoms with E-state index < -0.39 is 11.9 Å². The van der Waals surface area contributed by atoms with Gasteiger partial charge in [0.15, 0.2) is 5.69 Å². The number of aromatic nitrogens is 3. The number of nitrogens with one attached hydrogen (secondary N) is 1. The van der Waals surface area contributed by atoms with E-state index in [0.29, 0.717) is 5.69 Å². The molecular weight excluding hydrogens is 385 g/mol. The Hall–Kier alpha value is -3.75. The van der Waals surface area contributed by atoms with Gasteiger partial charge in [0.05, 0.1) is 34.5 Å². The van der Waals surface area contributed by atoms with E-state index in [4.69, 9.17) is 11.5 Å². The smallest absolute Gasteiger partial charge is 0.276 e. The van der Waals surface area contributed by atoms with E-state index in [2.05, 4.69) is 25.2 Å². The Morgan fingerprint density at radius 3 is 2.60 bits per heavy atom. The van der Waals surface area contributed by atoms with Gasteiger partial charge in [-0.05, 0) is 49.6 Å². The molecule has 3 aromatic heterocycles. The zero-order valence-corrected chi connectivity index (χ0v) is 16.3. The predicted molar refractivity (Wildman–Crippen MR) is 115 cm³/mol. The largest absolute Gasteiger partial charge is 0.397 e. The van der Waals surface area contributed by atoms with E-state index in [1.807, 2.05) is 6.07 Å². The fraction of sp³-hybridized carbons (Fsp3) is 0.238. The number of nitrogen functional groups attached to an aromatic ring is 2. The lowest BCUT2D eigenvalue weighted by Gasteiger charge is -2.30. The first kappa shape index (κ1) is 19.6. The Bertz CT molecular complexity index is 1080. The molecule has 0 unspecified atom stereocenters. The third kappa shape index (κ3) is 4.00. The van der Waals surface area contributed by atoms with Crippen LogP contribution in [0.3, 0.4) is 0 Å². The molecule has 0 radical (unpaired) electrons. The summed E-state index contributed by atoms with van der Waals surface area (Å²) in [4.78, 5) is 27.2. The molecule has 1 aliphatic heterocycles. The van der Waals surface area contributed by atoms with Crippen molar-refractivity contribution in [3.05, 3.63) is 54.4 Å². The van der Waals surface area contributed by atoms with Crippen molar-refractivity contribution in [2.24, 2.45) is 0 Å². The lowest BCUT2D eigenvalue weighted by molar-refractivity contribution is 0.102. The minimum atomic E-state index is -0.765. The highest BCUT2D eigenvalue weighted by atomic mass is 19.1. The first-order valence-electron chi connectivity index (χ1n) is 9.72. The van der Waals surface area contributed by atoms with Crippen LogP contribution in [0.25, 0.3) is 11.3 Å². The zero-order valence-electron chi connectivity index (χ0n) is 16.3. The number of nitrogens with two attached hydrogens (primary N) is 2. The number of rotatable bonds is 4. The van der Waals surface area contributed by atoms with Gasteiger partial charge < -0.3 is 21.7 Å². The Kier molecular flexibility index (Phi) is 5.42. The first-order chi connectivity index (χ1) is 14.5. The second kappa shape index (κ2) is 8.32. The van der Waals surface area contributed by atoms with Crippen LogP contribution < -0.4 is 21.7 Å². The summed E-state index contributed by atoms with van der Waals surface area (Å²) < 4.78 is 14.2. The number of pyridine rings is 3. The average molecular weight is 407 g/mol. The molecule has 30 heavy (non-hydrogen) atoms. The van der Waals surface area contributed by atoms with Crippen molar-refractivity contribution in [1.82, 2.24) is 15.0 Å². The molecule has 0 spiro atoms. The van der Waals surface area contributed by atoms with E-state index >= 15 is 0 Å². The van der Waals surface area contributed by atoms with E-state index in [1.54, 1.807) is 12.4 Å². The van der Waals surface area contributed by atoms with E-state index in [0.717, 1.165) is 31.6 Å². The lowest BCUT2D eigenvalue weighted by atomic mass is 10.1. The Morgan fingerprint density at radius 1 is 1.03 bits per heavy atom. The summed E-state index contributed by atoms with van der Waals surface area (Å²) >= 11 is 0. The van der Waals surface area contributed by atoms with Crippen LogP contribution in [0.1, 0.15) is 29.8 Å². The number of hydrogen-bond donors (Lipinski definition) is 3. The van der Waals surface area contributed by atoms with E-state index in [9.17, 15) is 9.18 Å². The van der Waals surface area contributed by atoms with Crippen molar-refractivity contribution in [2.45, 2.75) is 19.3 Å². The van der Waals surface area contributed by atoms with E-state index in [-0.39, 0.29) is 28.5 Å². The molecule has 3 aromatic rings. The molecule has 1 amide bonds. The first-order valence-corrected chi connectivity index (χ1v) is 9.72. The molecule has 4 heterocycles. The van der Waals surface area contributed by atoms with Crippen molar-refractivity contribution < 1.29 is 9.18 Å². The highest BCUT2D eigenvalue weighted by molar-refractivity contribution is 6.07. The summed E-state index contributed by atoms with van der Waals surface area (Å²) in [5.74, 6) is -1.20. The third-order valence-corrected chi connectivity index (χ3v) is 5.03. The van der Waals surface area contributed by atoms with Crippen molar-refractivity contribution in [3.63, 3.8) is 0 Å². The van der Waals surface area contributed by atoms with Crippen LogP contribution in [-0.4, -0.2) is 33.9 Å². The number of hydrogen-bond acceptors (Lipinski definition) is 7. The second-order valence-electron chi connectivity index (χ2n) is 7.10. The molecule has 0 saturated carbocycles. The molecule has 154 valence electrons. The normalized spacial score (nSPS) is 13.8. The monoisotopic (exact) mass is 407 g/mol. The lowest BCUT2D eigenvalue weighted by Crippen LogP contribution is -2.30. The Balaban J connectivity index is 1.63. The number of carbonyl (C=O) groups is 1. The molecule has 8 nitrogen and oxygen atoms in total. The summed E-state index contributed by atoms with van der Waals surface area (Å²) in [7, 11) is 0. The van der Waals surface area contributed by atoms with Crippen LogP contribution in [-0.2, 0) is 0 Å². The van der Waals surface area contributed by atoms with Gasteiger partial charge in [-0.3, -0.25) is 9.78 Å². The van der Waals surface area contributed by atoms with Gasteiger partial charge in [0.2, 0.25) is 5.95 Å². The topological polar surface area (TPSA) is 123 Å². The van der Waals surface area contributed by atoms with Crippen molar-refractivity contribution >= 4 is 28.8 Å². The molecular formula is C21H22FN7O. The number of carbonyl (C=O) groups excluding carboxylic acids is 1. The van der Waals surface area contributed by atoms with Crippen molar-refractivity contribution in [3.8, 4) is 11.3 Å². The molecule has 4 rings (SSSR count). The molecule has 0 bridgehead atoms. The van der Waals surface area contributed by atoms with Crippen LogP contribution in [0.2, 0.25) is 0 Å². The highest BCUT2D eigenvalue weighted by Crippen LogP contribution is 2.29. The fourth-order valence-electron chi connectivity index (χ4n) is 3.52. The SMILES string of the molecule is Nc1ccc(-c2ccc(N)c(C(=O)Nc3cnccc3N3CCCCC3)n2)c(F)n1. The second-order valence-corrected chi connectivity index (χ2v) is 7.10. The molecule has 1 aliphatic rings. The van der Waals surface area contributed by atoms with Crippen LogP contribution >= 0.6 is 0 Å². The van der Waals surface area contributed by atoms with Crippen LogP contribution in [0.4, 0.5) is 27.3 Å². The van der Waals surface area contributed by atoms with E-state index in [1.165, 1.54) is 30.7 Å². The molecule has 1 saturated heterocycles. The number of piperidine rings is 1. The van der Waals surface area contributed by atoms with Crippen LogP contribution in [0.5, 0.6) is 0 Å².